The Kier molecular flexibility index (Phi) is 7.81. The second-order valence-electron chi connectivity index (χ2n) is 10.3. The van der Waals surface area contributed by atoms with Crippen LogP contribution >= 0.6 is 0 Å². The lowest BCUT2D eigenvalue weighted by molar-refractivity contribution is 0.0908. The maximum atomic E-state index is 13.6. The zero-order valence-corrected chi connectivity index (χ0v) is 20.8. The average molecular weight is 490 g/mol. The van der Waals surface area contributed by atoms with Gasteiger partial charge in [0.25, 0.3) is 5.91 Å². The minimum atomic E-state index is -0.477. The Balaban J connectivity index is 1.51. The second kappa shape index (κ2) is 11.4. The second-order valence-corrected chi connectivity index (χ2v) is 10.3. The van der Waals surface area contributed by atoms with E-state index in [9.17, 15) is 14.3 Å². The molecule has 0 unspecified atom stereocenters. The minimum Gasteiger partial charge on any atom is -0.394 e. The highest BCUT2D eigenvalue weighted by atomic mass is 19.1. The van der Waals surface area contributed by atoms with Crippen LogP contribution in [-0.4, -0.2) is 27.4 Å². The van der Waals surface area contributed by atoms with Crippen LogP contribution in [0.25, 0.3) is 0 Å². The molecule has 1 saturated carbocycles. The number of fused-ring (bicyclic) bond motifs is 1. The first kappa shape index (κ1) is 24.7. The van der Waals surface area contributed by atoms with E-state index in [0.29, 0.717) is 11.7 Å². The molecule has 0 spiro atoms. The molecule has 0 radical (unpaired) electrons. The molecular formula is C30H36FN3O2. The number of benzene rings is 2. The number of aliphatic hydroxyl groups is 1. The number of aliphatic hydroxyl groups excluding tert-OH is 1. The highest BCUT2D eigenvalue weighted by Crippen LogP contribution is 2.39. The number of nitrogens with one attached hydrogen (secondary N) is 1. The van der Waals surface area contributed by atoms with E-state index < -0.39 is 6.04 Å². The highest BCUT2D eigenvalue weighted by Gasteiger charge is 2.33. The lowest BCUT2D eigenvalue weighted by Crippen LogP contribution is -2.31. The van der Waals surface area contributed by atoms with Gasteiger partial charge in [-0.25, -0.2) is 4.39 Å². The number of hydrogen-bond donors (Lipinski definition) is 2. The van der Waals surface area contributed by atoms with Gasteiger partial charge < -0.3 is 10.4 Å². The first-order valence-electron chi connectivity index (χ1n) is 13.5. The molecule has 2 atom stereocenters. The average Bonchev–Trinajstić information content (AvgIpc) is 3.19. The van der Waals surface area contributed by atoms with Crippen LogP contribution in [0.3, 0.4) is 0 Å². The summed E-state index contributed by atoms with van der Waals surface area (Å²) in [5.74, 6) is -0.193. The fourth-order valence-electron chi connectivity index (χ4n) is 6.03. The third-order valence-corrected chi connectivity index (χ3v) is 7.89. The van der Waals surface area contributed by atoms with Crippen molar-refractivity contribution in [3.63, 3.8) is 0 Å². The van der Waals surface area contributed by atoms with Crippen LogP contribution in [0, 0.1) is 5.82 Å². The van der Waals surface area contributed by atoms with E-state index in [1.165, 1.54) is 37.1 Å². The molecule has 6 heteroatoms. The molecule has 190 valence electrons. The molecule has 0 bridgehead atoms. The summed E-state index contributed by atoms with van der Waals surface area (Å²) in [5, 5.41) is 18.1. The van der Waals surface area contributed by atoms with E-state index in [-0.39, 0.29) is 24.2 Å². The van der Waals surface area contributed by atoms with Crippen molar-refractivity contribution >= 4 is 5.91 Å². The number of aromatic nitrogens is 2. The maximum Gasteiger partial charge on any atom is 0.272 e. The molecular weight excluding hydrogens is 453 g/mol. The summed E-state index contributed by atoms with van der Waals surface area (Å²) in [6.45, 7) is -0.172. The number of hydrogen-bond acceptors (Lipinski definition) is 3. The summed E-state index contributed by atoms with van der Waals surface area (Å²) in [6, 6.07) is 16.2. The normalized spacial score (nSPS) is 19.3. The van der Waals surface area contributed by atoms with E-state index in [1.807, 2.05) is 42.5 Å². The molecule has 1 aromatic heterocycles. The lowest BCUT2D eigenvalue weighted by Gasteiger charge is -2.27. The van der Waals surface area contributed by atoms with Crippen molar-refractivity contribution in [2.24, 2.45) is 0 Å². The zero-order chi connectivity index (χ0) is 24.9. The smallest absolute Gasteiger partial charge is 0.272 e. The SMILES string of the molecule is O=C(N[C@@H](CO)c1ccccc1)c1nn(C2CCCCC2)c2c1CCCC[C@H]2Cc1ccc(F)cc1. The first-order valence-corrected chi connectivity index (χ1v) is 13.5. The van der Waals surface area contributed by atoms with Crippen molar-refractivity contribution in [3.8, 4) is 0 Å². The molecule has 0 saturated heterocycles. The number of rotatable bonds is 7. The van der Waals surface area contributed by atoms with Crippen LogP contribution in [0.2, 0.25) is 0 Å². The van der Waals surface area contributed by atoms with Crippen LogP contribution in [0.15, 0.2) is 54.6 Å². The zero-order valence-electron chi connectivity index (χ0n) is 20.8. The van der Waals surface area contributed by atoms with Gasteiger partial charge in [0.05, 0.1) is 18.7 Å². The highest BCUT2D eigenvalue weighted by molar-refractivity contribution is 5.94. The Morgan fingerprint density at radius 3 is 2.44 bits per heavy atom. The van der Waals surface area contributed by atoms with Crippen LogP contribution in [0.1, 0.15) is 102 Å². The molecule has 0 aliphatic heterocycles. The fourth-order valence-corrected chi connectivity index (χ4v) is 6.03. The van der Waals surface area contributed by atoms with Gasteiger partial charge in [0.2, 0.25) is 0 Å². The van der Waals surface area contributed by atoms with Gasteiger partial charge >= 0.3 is 0 Å². The van der Waals surface area contributed by atoms with E-state index in [0.717, 1.165) is 61.6 Å². The van der Waals surface area contributed by atoms with E-state index in [4.69, 9.17) is 5.10 Å². The van der Waals surface area contributed by atoms with Gasteiger partial charge in [-0.3, -0.25) is 9.48 Å². The molecule has 3 aromatic rings. The van der Waals surface area contributed by atoms with Crippen molar-refractivity contribution < 1.29 is 14.3 Å². The third-order valence-electron chi connectivity index (χ3n) is 7.89. The van der Waals surface area contributed by atoms with Crippen molar-refractivity contribution in [2.75, 3.05) is 6.61 Å². The van der Waals surface area contributed by atoms with Gasteiger partial charge in [-0.15, -0.1) is 0 Å². The molecule has 2 aliphatic carbocycles. The Morgan fingerprint density at radius 1 is 1.00 bits per heavy atom. The Bertz CT molecular complexity index is 1150. The summed E-state index contributed by atoms with van der Waals surface area (Å²) in [5.41, 5.74) is 4.76. The van der Waals surface area contributed by atoms with E-state index in [1.54, 1.807) is 0 Å². The van der Waals surface area contributed by atoms with Crippen molar-refractivity contribution in [1.82, 2.24) is 15.1 Å². The quantitative estimate of drug-likeness (QED) is 0.398. The number of nitrogens with zero attached hydrogens (tertiary/aromatic N) is 2. The molecule has 2 aliphatic rings. The fraction of sp³-hybridized carbons (Fsp3) is 0.467. The summed E-state index contributed by atoms with van der Waals surface area (Å²) in [4.78, 5) is 13.6. The van der Waals surface area contributed by atoms with Crippen molar-refractivity contribution in [1.29, 1.82) is 0 Å². The Labute approximate surface area is 212 Å². The van der Waals surface area contributed by atoms with Crippen LogP contribution in [0.4, 0.5) is 4.39 Å². The number of halogens is 1. The third kappa shape index (κ3) is 5.39. The molecule has 36 heavy (non-hydrogen) atoms. The standard InChI is InChI=1S/C30H36FN3O2/c31-24-17-15-21(16-18-24)19-23-11-7-8-14-26-28(33-34(29(23)26)25-12-5-2-6-13-25)30(36)32-27(20-35)22-9-3-1-4-10-22/h1,3-4,9-10,15-18,23,25,27,35H,2,5-8,11-14,19-20H2,(H,32,36)/t23-,27-/m0/s1. The predicted octanol–water partition coefficient (Wildman–Crippen LogP) is 6.04. The topological polar surface area (TPSA) is 67.2 Å². The van der Waals surface area contributed by atoms with E-state index >= 15 is 0 Å². The van der Waals surface area contributed by atoms with E-state index in [2.05, 4.69) is 10.00 Å². The molecule has 1 heterocycles. The van der Waals surface area contributed by atoms with Gasteiger partial charge in [-0.1, -0.05) is 68.1 Å². The van der Waals surface area contributed by atoms with Gasteiger partial charge in [-0.2, -0.15) is 5.10 Å². The van der Waals surface area contributed by atoms with Gasteiger partial charge in [-0.05, 0) is 61.8 Å². The summed E-state index contributed by atoms with van der Waals surface area (Å²) < 4.78 is 15.7. The molecule has 5 nitrogen and oxygen atoms in total. The monoisotopic (exact) mass is 489 g/mol. The lowest BCUT2D eigenvalue weighted by atomic mass is 9.89. The Hall–Kier alpha value is -2.99. The molecule has 2 N–H and O–H groups in total. The van der Waals surface area contributed by atoms with Crippen molar-refractivity contribution in [2.45, 2.75) is 82.2 Å². The summed E-state index contributed by atoms with van der Waals surface area (Å²) in [6.07, 6.45) is 10.6. The largest absolute Gasteiger partial charge is 0.394 e. The van der Waals surface area contributed by atoms with Crippen LogP contribution < -0.4 is 5.32 Å². The first-order chi connectivity index (χ1) is 17.6. The molecule has 1 amide bonds. The molecule has 5 rings (SSSR count). The summed E-state index contributed by atoms with van der Waals surface area (Å²) >= 11 is 0. The predicted molar refractivity (Wildman–Crippen MR) is 138 cm³/mol. The van der Waals surface area contributed by atoms with Gasteiger partial charge in [0.1, 0.15) is 5.82 Å². The molecule has 2 aromatic carbocycles. The molecule has 1 fully saturated rings. The van der Waals surface area contributed by atoms with Crippen LogP contribution in [-0.2, 0) is 12.8 Å². The van der Waals surface area contributed by atoms with Crippen LogP contribution in [0.5, 0.6) is 0 Å². The number of carbonyl (C=O) groups excluding carboxylic acids is 1. The van der Waals surface area contributed by atoms with Gasteiger partial charge in [0.15, 0.2) is 5.69 Å². The summed E-state index contributed by atoms with van der Waals surface area (Å²) in [7, 11) is 0. The maximum absolute atomic E-state index is 13.6. The Morgan fingerprint density at radius 2 is 1.72 bits per heavy atom. The minimum absolute atomic E-state index is 0.172. The number of carbonyl (C=O) groups is 1. The van der Waals surface area contributed by atoms with Gasteiger partial charge in [0, 0.05) is 17.2 Å². The van der Waals surface area contributed by atoms with Crippen molar-refractivity contribution in [3.05, 3.63) is 88.5 Å². The number of amides is 1.